The molecule has 2 N–H and O–H groups in total. The molecule has 0 atom stereocenters. The normalized spacial score (nSPS) is 14.8. The van der Waals surface area contributed by atoms with Gasteiger partial charge in [-0.2, -0.15) is 0 Å². The van der Waals surface area contributed by atoms with Gasteiger partial charge in [-0.3, -0.25) is 0 Å². The SMILES string of the molecule is CCNC(=NCc1ccc(N2CCOCC2)cc1)NCCc1ccc(F)cc1. The summed E-state index contributed by atoms with van der Waals surface area (Å²) in [5.74, 6) is 0.591. The largest absolute Gasteiger partial charge is 0.378 e. The number of rotatable bonds is 7. The molecule has 5 nitrogen and oxygen atoms in total. The third kappa shape index (κ3) is 6.23. The number of halogens is 1. The maximum absolute atomic E-state index is 13.0. The summed E-state index contributed by atoms with van der Waals surface area (Å²) in [4.78, 5) is 7.02. The second-order valence-electron chi connectivity index (χ2n) is 6.76. The standard InChI is InChI=1S/C22H29FN4O/c1-2-24-22(25-12-11-18-3-7-20(23)8-4-18)26-17-19-5-9-21(10-6-19)27-13-15-28-16-14-27/h3-10H,2,11-17H2,1H3,(H2,24,25,26). The third-order valence-corrected chi connectivity index (χ3v) is 4.70. The van der Waals surface area contributed by atoms with Crippen molar-refractivity contribution in [3.8, 4) is 0 Å². The molecular weight excluding hydrogens is 355 g/mol. The van der Waals surface area contributed by atoms with Crippen LogP contribution in [0.5, 0.6) is 0 Å². The minimum Gasteiger partial charge on any atom is -0.378 e. The van der Waals surface area contributed by atoms with E-state index in [9.17, 15) is 4.39 Å². The minimum atomic E-state index is -0.203. The van der Waals surface area contributed by atoms with E-state index in [4.69, 9.17) is 4.74 Å². The first-order valence-corrected chi connectivity index (χ1v) is 9.93. The Labute approximate surface area is 166 Å². The first-order chi connectivity index (χ1) is 13.7. The zero-order chi connectivity index (χ0) is 19.6. The van der Waals surface area contributed by atoms with E-state index in [0.29, 0.717) is 6.54 Å². The molecule has 0 radical (unpaired) electrons. The van der Waals surface area contributed by atoms with Gasteiger partial charge in [-0.1, -0.05) is 24.3 Å². The van der Waals surface area contributed by atoms with Crippen LogP contribution in [0.25, 0.3) is 0 Å². The lowest BCUT2D eigenvalue weighted by molar-refractivity contribution is 0.122. The Hall–Kier alpha value is -2.60. The Morgan fingerprint density at radius 3 is 2.36 bits per heavy atom. The fourth-order valence-electron chi connectivity index (χ4n) is 3.12. The molecule has 0 bridgehead atoms. The number of nitrogens with zero attached hydrogens (tertiary/aromatic N) is 2. The lowest BCUT2D eigenvalue weighted by atomic mass is 10.1. The van der Waals surface area contributed by atoms with Crippen LogP contribution in [0.2, 0.25) is 0 Å². The predicted molar refractivity (Wildman–Crippen MR) is 112 cm³/mol. The predicted octanol–water partition coefficient (Wildman–Crippen LogP) is 2.96. The molecule has 1 fully saturated rings. The molecule has 1 heterocycles. The number of anilines is 1. The fraction of sp³-hybridized carbons (Fsp3) is 0.409. The first-order valence-electron chi connectivity index (χ1n) is 9.93. The molecule has 2 aromatic rings. The van der Waals surface area contributed by atoms with Crippen molar-refractivity contribution in [3.63, 3.8) is 0 Å². The van der Waals surface area contributed by atoms with Gasteiger partial charge in [-0.25, -0.2) is 9.38 Å². The van der Waals surface area contributed by atoms with Gasteiger partial charge >= 0.3 is 0 Å². The van der Waals surface area contributed by atoms with Crippen molar-refractivity contribution < 1.29 is 9.13 Å². The van der Waals surface area contributed by atoms with Crippen LogP contribution in [0.4, 0.5) is 10.1 Å². The van der Waals surface area contributed by atoms with Gasteiger partial charge in [0.1, 0.15) is 5.82 Å². The van der Waals surface area contributed by atoms with Gasteiger partial charge in [0.2, 0.25) is 0 Å². The molecule has 28 heavy (non-hydrogen) atoms. The molecule has 0 aromatic heterocycles. The Morgan fingerprint density at radius 2 is 1.68 bits per heavy atom. The van der Waals surface area contributed by atoms with E-state index < -0.39 is 0 Å². The van der Waals surface area contributed by atoms with E-state index in [-0.39, 0.29) is 5.82 Å². The van der Waals surface area contributed by atoms with Crippen molar-refractivity contribution in [1.82, 2.24) is 10.6 Å². The zero-order valence-electron chi connectivity index (χ0n) is 16.5. The smallest absolute Gasteiger partial charge is 0.191 e. The van der Waals surface area contributed by atoms with E-state index in [0.717, 1.165) is 57.3 Å². The van der Waals surface area contributed by atoms with Crippen LogP contribution in [-0.2, 0) is 17.7 Å². The summed E-state index contributed by atoms with van der Waals surface area (Å²) >= 11 is 0. The summed E-state index contributed by atoms with van der Waals surface area (Å²) in [5, 5.41) is 6.61. The van der Waals surface area contributed by atoms with Crippen LogP contribution in [-0.4, -0.2) is 45.4 Å². The topological polar surface area (TPSA) is 48.9 Å². The van der Waals surface area contributed by atoms with Crippen LogP contribution < -0.4 is 15.5 Å². The van der Waals surface area contributed by atoms with Crippen LogP contribution in [0.15, 0.2) is 53.5 Å². The van der Waals surface area contributed by atoms with Gasteiger partial charge < -0.3 is 20.3 Å². The fourth-order valence-corrected chi connectivity index (χ4v) is 3.12. The van der Waals surface area contributed by atoms with E-state index in [1.165, 1.54) is 23.4 Å². The molecule has 6 heteroatoms. The van der Waals surface area contributed by atoms with Crippen molar-refractivity contribution in [1.29, 1.82) is 0 Å². The molecule has 0 saturated carbocycles. The van der Waals surface area contributed by atoms with E-state index >= 15 is 0 Å². The molecular formula is C22H29FN4O. The molecule has 150 valence electrons. The van der Waals surface area contributed by atoms with Crippen molar-refractivity contribution in [2.24, 2.45) is 4.99 Å². The highest BCUT2D eigenvalue weighted by Gasteiger charge is 2.10. The molecule has 0 unspecified atom stereocenters. The highest BCUT2D eigenvalue weighted by Crippen LogP contribution is 2.17. The maximum Gasteiger partial charge on any atom is 0.191 e. The summed E-state index contributed by atoms with van der Waals surface area (Å²) in [6.45, 7) is 7.69. The molecule has 1 aliphatic rings. The van der Waals surface area contributed by atoms with Crippen molar-refractivity contribution in [3.05, 3.63) is 65.5 Å². The molecule has 0 amide bonds. The maximum atomic E-state index is 13.0. The highest BCUT2D eigenvalue weighted by atomic mass is 19.1. The van der Waals surface area contributed by atoms with E-state index in [1.54, 1.807) is 0 Å². The van der Waals surface area contributed by atoms with E-state index in [2.05, 4.69) is 44.8 Å². The molecule has 2 aromatic carbocycles. The Balaban J connectivity index is 1.50. The van der Waals surface area contributed by atoms with Crippen molar-refractivity contribution in [2.45, 2.75) is 19.9 Å². The van der Waals surface area contributed by atoms with Gasteiger partial charge in [-0.05, 0) is 48.7 Å². The molecule has 0 aliphatic carbocycles. The number of morpholine rings is 1. The quantitative estimate of drug-likeness (QED) is 0.569. The molecule has 0 spiro atoms. The van der Waals surface area contributed by atoms with Crippen LogP contribution in [0, 0.1) is 5.82 Å². The number of hydrogen-bond donors (Lipinski definition) is 2. The number of nitrogens with one attached hydrogen (secondary N) is 2. The third-order valence-electron chi connectivity index (χ3n) is 4.70. The van der Waals surface area contributed by atoms with Crippen molar-refractivity contribution >= 4 is 11.6 Å². The van der Waals surface area contributed by atoms with Gasteiger partial charge in [0.25, 0.3) is 0 Å². The van der Waals surface area contributed by atoms with Crippen LogP contribution in [0.1, 0.15) is 18.1 Å². The number of benzene rings is 2. The van der Waals surface area contributed by atoms with E-state index in [1.807, 2.05) is 19.1 Å². The Kier molecular flexibility index (Phi) is 7.67. The van der Waals surface area contributed by atoms with Crippen LogP contribution >= 0.6 is 0 Å². The zero-order valence-corrected chi connectivity index (χ0v) is 16.5. The molecule has 1 aliphatic heterocycles. The summed E-state index contributed by atoms with van der Waals surface area (Å²) in [5.41, 5.74) is 3.51. The second kappa shape index (κ2) is 10.7. The lowest BCUT2D eigenvalue weighted by Gasteiger charge is -2.28. The summed E-state index contributed by atoms with van der Waals surface area (Å²) in [6, 6.07) is 15.2. The first kappa shape index (κ1) is 20.1. The minimum absolute atomic E-state index is 0.203. The van der Waals surface area contributed by atoms with Gasteiger partial charge in [-0.15, -0.1) is 0 Å². The Morgan fingerprint density at radius 1 is 1.00 bits per heavy atom. The van der Waals surface area contributed by atoms with Gasteiger partial charge in [0.15, 0.2) is 5.96 Å². The molecule has 3 rings (SSSR count). The number of ether oxygens (including phenoxy) is 1. The highest BCUT2D eigenvalue weighted by molar-refractivity contribution is 5.79. The summed E-state index contributed by atoms with van der Waals surface area (Å²) in [6.07, 6.45) is 0.818. The molecule has 1 saturated heterocycles. The van der Waals surface area contributed by atoms with Crippen LogP contribution in [0.3, 0.4) is 0 Å². The van der Waals surface area contributed by atoms with Crippen molar-refractivity contribution in [2.75, 3.05) is 44.3 Å². The monoisotopic (exact) mass is 384 g/mol. The second-order valence-corrected chi connectivity index (χ2v) is 6.76. The van der Waals surface area contributed by atoms with Gasteiger partial charge in [0, 0.05) is 31.9 Å². The van der Waals surface area contributed by atoms with Gasteiger partial charge in [0.05, 0.1) is 19.8 Å². The lowest BCUT2D eigenvalue weighted by Crippen LogP contribution is -2.38. The number of hydrogen-bond acceptors (Lipinski definition) is 3. The average molecular weight is 384 g/mol. The average Bonchev–Trinajstić information content (AvgIpc) is 2.74. The summed E-state index contributed by atoms with van der Waals surface area (Å²) in [7, 11) is 0. The number of aliphatic imine (C=N–C) groups is 1. The number of guanidine groups is 1. The Bertz CT molecular complexity index is 740. The summed E-state index contributed by atoms with van der Waals surface area (Å²) < 4.78 is 18.4.